The zero-order chi connectivity index (χ0) is 15.3. The molecule has 22 heavy (non-hydrogen) atoms. The van der Waals surface area contributed by atoms with E-state index >= 15 is 0 Å². The Morgan fingerprint density at radius 1 is 1.23 bits per heavy atom. The maximum Gasteiger partial charge on any atom is 0.282 e. The van der Waals surface area contributed by atoms with Crippen LogP contribution in [0.2, 0.25) is 0 Å². The van der Waals surface area contributed by atoms with Gasteiger partial charge in [-0.05, 0) is 36.6 Å². The molecule has 0 saturated carbocycles. The van der Waals surface area contributed by atoms with Crippen LogP contribution in [0.5, 0.6) is 0 Å². The first-order valence-corrected chi connectivity index (χ1v) is 7.63. The third-order valence-corrected chi connectivity index (χ3v) is 4.86. The first kappa shape index (κ1) is 13.3. The molecular weight excluding hydrogens is 274 g/mol. The Bertz CT molecular complexity index is 766. The number of aryl methyl sites for hydroxylation is 1. The summed E-state index contributed by atoms with van der Waals surface area (Å²) >= 11 is 0. The van der Waals surface area contributed by atoms with Crippen molar-refractivity contribution in [1.29, 1.82) is 0 Å². The first-order chi connectivity index (χ1) is 10.6. The Balaban J connectivity index is 1.79. The summed E-state index contributed by atoms with van der Waals surface area (Å²) in [5.74, 6) is 0. The lowest BCUT2D eigenvalue weighted by Gasteiger charge is -2.23. The Morgan fingerprint density at radius 3 is 2.77 bits per heavy atom. The Hall–Kier alpha value is -2.36. The first-order valence-electron chi connectivity index (χ1n) is 7.63. The SMILES string of the molecule is Cc1ccc(-c2cccc3c2CC2(C3)N=C(N)OC2C)cn1. The van der Waals surface area contributed by atoms with Gasteiger partial charge in [-0.1, -0.05) is 24.3 Å². The number of aliphatic imine (C=N–C) groups is 1. The lowest BCUT2D eigenvalue weighted by molar-refractivity contribution is 0.157. The molecule has 1 aromatic carbocycles. The Kier molecular flexibility index (Phi) is 2.76. The maximum absolute atomic E-state index is 5.80. The molecule has 4 heteroatoms. The quantitative estimate of drug-likeness (QED) is 0.879. The van der Waals surface area contributed by atoms with Crippen molar-refractivity contribution in [2.24, 2.45) is 10.7 Å². The molecule has 1 aliphatic carbocycles. The van der Waals surface area contributed by atoms with E-state index in [-0.39, 0.29) is 11.6 Å². The largest absolute Gasteiger partial charge is 0.460 e. The molecule has 2 atom stereocenters. The predicted molar refractivity (Wildman–Crippen MR) is 86.7 cm³/mol. The standard InChI is InChI=1S/C18H19N3O/c1-11-6-7-14(10-20-11)15-5-3-4-13-8-18(9-16(13)15)12(2)22-17(19)21-18/h3-7,10,12H,8-9H2,1-2H3,(H2,19,21). The Labute approximate surface area is 130 Å². The molecule has 0 bridgehead atoms. The number of ether oxygens (including phenoxy) is 1. The highest BCUT2D eigenvalue weighted by Crippen LogP contribution is 2.43. The average molecular weight is 293 g/mol. The average Bonchev–Trinajstić information content (AvgIpc) is 2.99. The van der Waals surface area contributed by atoms with Crippen LogP contribution in [-0.4, -0.2) is 22.6 Å². The normalized spacial score (nSPS) is 25.9. The molecule has 1 aliphatic heterocycles. The van der Waals surface area contributed by atoms with Crippen molar-refractivity contribution in [1.82, 2.24) is 4.98 Å². The maximum atomic E-state index is 5.80. The molecular formula is C18H19N3O. The number of amidine groups is 1. The van der Waals surface area contributed by atoms with E-state index in [0.29, 0.717) is 6.02 Å². The number of fused-ring (bicyclic) bond motifs is 1. The number of nitrogens with zero attached hydrogens (tertiary/aromatic N) is 2. The van der Waals surface area contributed by atoms with Crippen molar-refractivity contribution in [2.75, 3.05) is 0 Å². The zero-order valence-corrected chi connectivity index (χ0v) is 12.8. The van der Waals surface area contributed by atoms with Crippen LogP contribution >= 0.6 is 0 Å². The molecule has 112 valence electrons. The molecule has 4 rings (SSSR count). The van der Waals surface area contributed by atoms with Gasteiger partial charge in [0, 0.05) is 30.3 Å². The highest BCUT2D eigenvalue weighted by atomic mass is 16.5. The van der Waals surface area contributed by atoms with Crippen molar-refractivity contribution in [3.8, 4) is 11.1 Å². The molecule has 2 aromatic rings. The molecule has 0 amide bonds. The molecule has 4 nitrogen and oxygen atoms in total. The van der Waals surface area contributed by atoms with Gasteiger partial charge in [-0.2, -0.15) is 0 Å². The van der Waals surface area contributed by atoms with Gasteiger partial charge < -0.3 is 10.5 Å². The van der Waals surface area contributed by atoms with E-state index < -0.39 is 0 Å². The molecule has 2 unspecified atom stereocenters. The lowest BCUT2D eigenvalue weighted by atomic mass is 9.90. The van der Waals surface area contributed by atoms with Crippen LogP contribution in [0, 0.1) is 6.92 Å². The molecule has 1 aromatic heterocycles. The van der Waals surface area contributed by atoms with Gasteiger partial charge in [0.15, 0.2) is 0 Å². The van der Waals surface area contributed by atoms with E-state index in [4.69, 9.17) is 10.5 Å². The number of aromatic nitrogens is 1. The van der Waals surface area contributed by atoms with Crippen molar-refractivity contribution < 1.29 is 4.74 Å². The topological polar surface area (TPSA) is 60.5 Å². The van der Waals surface area contributed by atoms with Crippen LogP contribution in [0.1, 0.15) is 23.7 Å². The fourth-order valence-electron chi connectivity index (χ4n) is 3.60. The smallest absolute Gasteiger partial charge is 0.282 e. The van der Waals surface area contributed by atoms with E-state index in [9.17, 15) is 0 Å². The van der Waals surface area contributed by atoms with Gasteiger partial charge in [0.25, 0.3) is 6.02 Å². The summed E-state index contributed by atoms with van der Waals surface area (Å²) in [4.78, 5) is 9.05. The molecule has 2 heterocycles. The lowest BCUT2D eigenvalue weighted by Crippen LogP contribution is -2.36. The molecule has 2 N–H and O–H groups in total. The zero-order valence-electron chi connectivity index (χ0n) is 12.8. The van der Waals surface area contributed by atoms with Crippen LogP contribution in [0.15, 0.2) is 41.5 Å². The second-order valence-electron chi connectivity index (χ2n) is 6.30. The van der Waals surface area contributed by atoms with Crippen molar-refractivity contribution in [3.63, 3.8) is 0 Å². The number of nitrogens with two attached hydrogens (primary N) is 1. The van der Waals surface area contributed by atoms with Crippen molar-refractivity contribution in [3.05, 3.63) is 53.3 Å². The summed E-state index contributed by atoms with van der Waals surface area (Å²) in [6.45, 7) is 4.06. The van der Waals surface area contributed by atoms with E-state index in [1.165, 1.54) is 16.7 Å². The highest BCUT2D eigenvalue weighted by Gasteiger charge is 2.48. The fraction of sp³-hybridized carbons (Fsp3) is 0.333. The summed E-state index contributed by atoms with van der Waals surface area (Å²) < 4.78 is 5.61. The third-order valence-electron chi connectivity index (χ3n) is 4.86. The van der Waals surface area contributed by atoms with Crippen LogP contribution in [0.25, 0.3) is 11.1 Å². The number of pyridine rings is 1. The highest BCUT2D eigenvalue weighted by molar-refractivity contribution is 5.76. The minimum atomic E-state index is -0.235. The van der Waals surface area contributed by atoms with Crippen molar-refractivity contribution >= 4 is 6.02 Å². The molecule has 0 saturated heterocycles. The summed E-state index contributed by atoms with van der Waals surface area (Å²) in [6.07, 6.45) is 3.72. The second kappa shape index (κ2) is 4.57. The summed E-state index contributed by atoms with van der Waals surface area (Å²) in [5.41, 5.74) is 11.7. The van der Waals surface area contributed by atoms with Crippen LogP contribution in [0.3, 0.4) is 0 Å². The van der Waals surface area contributed by atoms with Gasteiger partial charge in [0.05, 0.1) is 0 Å². The molecule has 0 fully saturated rings. The van der Waals surface area contributed by atoms with Gasteiger partial charge in [-0.3, -0.25) is 4.98 Å². The number of benzene rings is 1. The molecule has 0 radical (unpaired) electrons. The summed E-state index contributed by atoms with van der Waals surface area (Å²) in [7, 11) is 0. The second-order valence-corrected chi connectivity index (χ2v) is 6.30. The molecule has 2 aliphatic rings. The van der Waals surface area contributed by atoms with Crippen LogP contribution in [-0.2, 0) is 17.6 Å². The Morgan fingerprint density at radius 2 is 2.09 bits per heavy atom. The minimum absolute atomic E-state index is 0.0175. The van der Waals surface area contributed by atoms with E-state index in [1.807, 2.05) is 13.1 Å². The van der Waals surface area contributed by atoms with Crippen LogP contribution < -0.4 is 5.73 Å². The van der Waals surface area contributed by atoms with E-state index in [1.54, 1.807) is 0 Å². The number of rotatable bonds is 1. The third kappa shape index (κ3) is 1.90. The summed E-state index contributed by atoms with van der Waals surface area (Å²) in [5, 5.41) is 0. The fourth-order valence-corrected chi connectivity index (χ4v) is 3.60. The van der Waals surface area contributed by atoms with Gasteiger partial charge in [0.1, 0.15) is 11.6 Å². The van der Waals surface area contributed by atoms with Crippen LogP contribution in [0.4, 0.5) is 0 Å². The molecule has 1 spiro atoms. The number of hydrogen-bond donors (Lipinski definition) is 1. The predicted octanol–water partition coefficient (Wildman–Crippen LogP) is 2.63. The monoisotopic (exact) mass is 293 g/mol. The van der Waals surface area contributed by atoms with Gasteiger partial charge >= 0.3 is 0 Å². The van der Waals surface area contributed by atoms with Gasteiger partial charge in [0.2, 0.25) is 0 Å². The number of hydrogen-bond acceptors (Lipinski definition) is 4. The van der Waals surface area contributed by atoms with E-state index in [2.05, 4.69) is 47.2 Å². The van der Waals surface area contributed by atoms with Gasteiger partial charge in [-0.25, -0.2) is 4.99 Å². The summed E-state index contributed by atoms with van der Waals surface area (Å²) in [6, 6.07) is 11.0. The minimum Gasteiger partial charge on any atom is -0.460 e. The van der Waals surface area contributed by atoms with E-state index in [0.717, 1.165) is 24.1 Å². The van der Waals surface area contributed by atoms with Crippen molar-refractivity contribution in [2.45, 2.75) is 38.3 Å². The van der Waals surface area contributed by atoms with Gasteiger partial charge in [-0.15, -0.1) is 0 Å².